The van der Waals surface area contributed by atoms with E-state index < -0.39 is 11.0 Å². The van der Waals surface area contributed by atoms with Crippen molar-refractivity contribution in [2.45, 2.75) is 45.7 Å². The van der Waals surface area contributed by atoms with Crippen LogP contribution in [0.25, 0.3) is 0 Å². The van der Waals surface area contributed by atoms with Crippen LogP contribution in [-0.2, 0) is 22.6 Å². The van der Waals surface area contributed by atoms with Crippen LogP contribution in [0.4, 0.5) is 5.69 Å². The molecule has 0 fully saturated rings. The highest BCUT2D eigenvalue weighted by molar-refractivity contribution is 6.31. The first-order chi connectivity index (χ1) is 14.4. The van der Waals surface area contributed by atoms with Crippen LogP contribution in [0.2, 0.25) is 5.02 Å². The summed E-state index contributed by atoms with van der Waals surface area (Å²) in [7, 11) is 0. The zero-order valence-electron chi connectivity index (χ0n) is 17.1. The molecule has 2 aromatic rings. The molecule has 1 N–H and O–H groups in total. The Kier molecular flexibility index (Phi) is 8.80. The first-order valence-electron chi connectivity index (χ1n) is 9.91. The minimum atomic E-state index is -0.705. The van der Waals surface area contributed by atoms with Crippen molar-refractivity contribution in [3.8, 4) is 0 Å². The van der Waals surface area contributed by atoms with E-state index in [2.05, 4.69) is 5.32 Å². The second-order valence-corrected chi connectivity index (χ2v) is 7.30. The third-order valence-corrected chi connectivity index (χ3v) is 5.13. The van der Waals surface area contributed by atoms with E-state index in [1.54, 1.807) is 36.4 Å². The van der Waals surface area contributed by atoms with Crippen molar-refractivity contribution >= 4 is 29.1 Å². The number of carbonyl (C=O) groups excluding carboxylic acids is 2. The summed E-state index contributed by atoms with van der Waals surface area (Å²) >= 11 is 6.28. The minimum Gasteiger partial charge on any atom is -0.354 e. The van der Waals surface area contributed by atoms with E-state index in [1.807, 2.05) is 19.9 Å². The van der Waals surface area contributed by atoms with Gasteiger partial charge in [-0.05, 0) is 24.5 Å². The molecular formula is C22H26ClN3O4. The standard InChI is InChI=1S/C22H26ClN3O4/c1-3-13-24-22(28)19(4-2)25(15-17-10-5-7-11-18(17)23)21(27)14-16-9-6-8-12-20(16)26(29)30/h5-12,19H,3-4,13-15H2,1-2H3,(H,24,28). The molecule has 0 saturated carbocycles. The largest absolute Gasteiger partial charge is 0.354 e. The van der Waals surface area contributed by atoms with Gasteiger partial charge in [-0.1, -0.05) is 61.8 Å². The van der Waals surface area contributed by atoms with Crippen LogP contribution in [-0.4, -0.2) is 34.2 Å². The molecule has 2 amide bonds. The lowest BCUT2D eigenvalue weighted by Gasteiger charge is -2.31. The zero-order valence-corrected chi connectivity index (χ0v) is 17.9. The van der Waals surface area contributed by atoms with Crippen LogP contribution in [0.15, 0.2) is 48.5 Å². The van der Waals surface area contributed by atoms with Crippen LogP contribution in [0.5, 0.6) is 0 Å². The number of carbonyl (C=O) groups is 2. The van der Waals surface area contributed by atoms with Gasteiger partial charge in [0.1, 0.15) is 6.04 Å². The van der Waals surface area contributed by atoms with Crippen molar-refractivity contribution in [1.29, 1.82) is 0 Å². The van der Waals surface area contributed by atoms with Gasteiger partial charge in [-0.3, -0.25) is 19.7 Å². The van der Waals surface area contributed by atoms with Crippen LogP contribution in [0.1, 0.15) is 37.8 Å². The lowest BCUT2D eigenvalue weighted by molar-refractivity contribution is -0.385. The Hall–Kier alpha value is -2.93. The van der Waals surface area contributed by atoms with Gasteiger partial charge in [0, 0.05) is 29.7 Å². The van der Waals surface area contributed by atoms with E-state index in [4.69, 9.17) is 11.6 Å². The predicted molar refractivity (Wildman–Crippen MR) is 116 cm³/mol. The van der Waals surface area contributed by atoms with E-state index in [9.17, 15) is 19.7 Å². The summed E-state index contributed by atoms with van der Waals surface area (Å²) in [6, 6.07) is 12.5. The molecule has 2 rings (SSSR count). The van der Waals surface area contributed by atoms with Gasteiger partial charge >= 0.3 is 0 Å². The molecule has 30 heavy (non-hydrogen) atoms. The Morgan fingerprint density at radius 2 is 1.73 bits per heavy atom. The number of amides is 2. The average molecular weight is 432 g/mol. The van der Waals surface area contributed by atoms with Gasteiger partial charge < -0.3 is 10.2 Å². The molecule has 0 spiro atoms. The maximum atomic E-state index is 13.3. The number of nitro benzene ring substituents is 1. The lowest BCUT2D eigenvalue weighted by atomic mass is 10.1. The van der Waals surface area contributed by atoms with Crippen molar-refractivity contribution in [3.63, 3.8) is 0 Å². The normalized spacial score (nSPS) is 11.6. The Morgan fingerprint density at radius 1 is 1.10 bits per heavy atom. The number of para-hydroxylation sites is 1. The fourth-order valence-corrected chi connectivity index (χ4v) is 3.39. The maximum Gasteiger partial charge on any atom is 0.273 e. The fourth-order valence-electron chi connectivity index (χ4n) is 3.20. The van der Waals surface area contributed by atoms with Gasteiger partial charge in [-0.15, -0.1) is 0 Å². The number of halogens is 1. The van der Waals surface area contributed by atoms with Gasteiger partial charge in [0.25, 0.3) is 5.69 Å². The number of hydrogen-bond donors (Lipinski definition) is 1. The highest BCUT2D eigenvalue weighted by Gasteiger charge is 2.30. The van der Waals surface area contributed by atoms with Crippen LogP contribution >= 0.6 is 11.6 Å². The summed E-state index contributed by atoms with van der Waals surface area (Å²) < 4.78 is 0. The molecule has 1 unspecified atom stereocenters. The number of nitrogens with zero attached hydrogens (tertiary/aromatic N) is 2. The number of benzene rings is 2. The van der Waals surface area contributed by atoms with Crippen LogP contribution in [0.3, 0.4) is 0 Å². The Morgan fingerprint density at radius 3 is 2.33 bits per heavy atom. The van der Waals surface area contributed by atoms with E-state index in [0.29, 0.717) is 29.1 Å². The lowest BCUT2D eigenvalue weighted by Crippen LogP contribution is -2.49. The van der Waals surface area contributed by atoms with Crippen molar-refractivity contribution in [1.82, 2.24) is 10.2 Å². The fraction of sp³-hybridized carbons (Fsp3) is 0.364. The Labute approximate surface area is 181 Å². The monoisotopic (exact) mass is 431 g/mol. The molecule has 1 atom stereocenters. The third kappa shape index (κ3) is 6.03. The molecule has 7 nitrogen and oxygen atoms in total. The van der Waals surface area contributed by atoms with E-state index in [-0.39, 0.29) is 30.5 Å². The molecule has 2 aromatic carbocycles. The molecule has 0 aliphatic carbocycles. The summed E-state index contributed by atoms with van der Waals surface area (Å²) in [6.07, 6.45) is 0.999. The summed E-state index contributed by atoms with van der Waals surface area (Å²) in [6.45, 7) is 4.42. The molecule has 0 aromatic heterocycles. The maximum absolute atomic E-state index is 13.3. The van der Waals surface area contributed by atoms with Gasteiger partial charge in [0.2, 0.25) is 11.8 Å². The highest BCUT2D eigenvalue weighted by Crippen LogP contribution is 2.23. The molecule has 0 saturated heterocycles. The van der Waals surface area contributed by atoms with Crippen molar-refractivity contribution < 1.29 is 14.5 Å². The first kappa shape index (κ1) is 23.3. The second-order valence-electron chi connectivity index (χ2n) is 6.89. The summed E-state index contributed by atoms with van der Waals surface area (Å²) in [5, 5.41) is 14.7. The smallest absolute Gasteiger partial charge is 0.273 e. The zero-order chi connectivity index (χ0) is 22.1. The molecule has 8 heteroatoms. The average Bonchev–Trinajstić information content (AvgIpc) is 2.73. The van der Waals surface area contributed by atoms with Gasteiger partial charge in [0.15, 0.2) is 0 Å². The quantitative estimate of drug-likeness (QED) is 0.452. The molecule has 160 valence electrons. The van der Waals surface area contributed by atoms with Gasteiger partial charge in [-0.25, -0.2) is 0 Å². The minimum absolute atomic E-state index is 0.118. The van der Waals surface area contributed by atoms with E-state index in [0.717, 1.165) is 6.42 Å². The van der Waals surface area contributed by atoms with Crippen molar-refractivity contribution in [2.24, 2.45) is 0 Å². The Balaban J connectivity index is 2.36. The number of hydrogen-bond acceptors (Lipinski definition) is 4. The topological polar surface area (TPSA) is 92.6 Å². The van der Waals surface area contributed by atoms with Crippen LogP contribution < -0.4 is 5.32 Å². The van der Waals surface area contributed by atoms with Crippen molar-refractivity contribution in [3.05, 3.63) is 74.8 Å². The van der Waals surface area contributed by atoms with Gasteiger partial charge in [-0.2, -0.15) is 0 Å². The van der Waals surface area contributed by atoms with Crippen LogP contribution in [0, 0.1) is 10.1 Å². The molecule has 0 aliphatic heterocycles. The molecule has 0 heterocycles. The third-order valence-electron chi connectivity index (χ3n) is 4.76. The first-order valence-corrected chi connectivity index (χ1v) is 10.3. The molecule has 0 bridgehead atoms. The summed E-state index contributed by atoms with van der Waals surface area (Å²) in [5.74, 6) is -0.620. The molecule has 0 aliphatic rings. The number of nitro groups is 1. The van der Waals surface area contributed by atoms with Gasteiger partial charge in [0.05, 0.1) is 11.3 Å². The predicted octanol–water partition coefficient (Wildman–Crippen LogP) is 4.12. The van der Waals surface area contributed by atoms with E-state index in [1.165, 1.54) is 11.0 Å². The van der Waals surface area contributed by atoms with E-state index >= 15 is 0 Å². The summed E-state index contributed by atoms with van der Waals surface area (Å²) in [5.41, 5.74) is 0.893. The Bertz CT molecular complexity index is 903. The number of rotatable bonds is 10. The number of nitrogens with one attached hydrogen (secondary N) is 1. The second kappa shape index (κ2) is 11.3. The highest BCUT2D eigenvalue weighted by atomic mass is 35.5. The molecular weight excluding hydrogens is 406 g/mol. The molecule has 0 radical (unpaired) electrons. The summed E-state index contributed by atoms with van der Waals surface area (Å²) in [4.78, 5) is 38.3. The van der Waals surface area contributed by atoms with Crippen molar-refractivity contribution in [2.75, 3.05) is 6.54 Å². The SMILES string of the molecule is CCCNC(=O)C(CC)N(Cc1ccccc1Cl)C(=O)Cc1ccccc1[N+](=O)[O-].